The van der Waals surface area contributed by atoms with Crippen LogP contribution in [0.25, 0.3) is 0 Å². The van der Waals surface area contributed by atoms with Gasteiger partial charge >= 0.3 is 0 Å². The molecule has 1 aliphatic rings. The molecule has 0 saturated heterocycles. The zero-order valence-electron chi connectivity index (χ0n) is 7.55. The Hall–Kier alpha value is -1.17. The van der Waals surface area contributed by atoms with Gasteiger partial charge in [0.1, 0.15) is 0 Å². The quantitative estimate of drug-likeness (QED) is 0.697. The monoisotopic (exact) mass is 183 g/mol. The van der Waals surface area contributed by atoms with Crippen LogP contribution in [0.1, 0.15) is 25.3 Å². The van der Waals surface area contributed by atoms with Crippen molar-refractivity contribution in [1.82, 2.24) is 20.2 Å². The fourth-order valence-electron chi connectivity index (χ4n) is 1.81. The predicted molar refractivity (Wildman–Crippen MR) is 45.9 cm³/mol. The fraction of sp³-hybridized carbons (Fsp3) is 0.857. The number of ether oxygens (including phenoxy) is 1. The van der Waals surface area contributed by atoms with Crippen molar-refractivity contribution in [1.29, 1.82) is 0 Å². The SMILES string of the molecule is COC1CCC(n2nnnc2N)C1. The topological polar surface area (TPSA) is 78.8 Å². The highest BCUT2D eigenvalue weighted by molar-refractivity contribution is 5.12. The molecule has 1 saturated carbocycles. The number of methoxy groups -OCH3 is 1. The average Bonchev–Trinajstić information content (AvgIpc) is 2.71. The predicted octanol–water partition coefficient (Wildman–Crippen LogP) is -0.00470. The highest BCUT2D eigenvalue weighted by atomic mass is 16.5. The Morgan fingerprint density at radius 1 is 1.54 bits per heavy atom. The van der Waals surface area contributed by atoms with Crippen LogP contribution in [-0.2, 0) is 4.74 Å². The van der Waals surface area contributed by atoms with Crippen LogP contribution in [-0.4, -0.2) is 33.4 Å². The van der Waals surface area contributed by atoms with E-state index >= 15 is 0 Å². The van der Waals surface area contributed by atoms with Gasteiger partial charge in [-0.2, -0.15) is 0 Å². The summed E-state index contributed by atoms with van der Waals surface area (Å²) in [6.45, 7) is 0. The molecule has 72 valence electrons. The Labute approximate surface area is 76.1 Å². The van der Waals surface area contributed by atoms with Gasteiger partial charge in [0.2, 0.25) is 5.95 Å². The van der Waals surface area contributed by atoms with Crippen LogP contribution in [0.2, 0.25) is 0 Å². The van der Waals surface area contributed by atoms with E-state index in [1.807, 2.05) is 0 Å². The zero-order valence-corrected chi connectivity index (χ0v) is 7.55. The number of hydrogen-bond donors (Lipinski definition) is 1. The molecule has 6 nitrogen and oxygen atoms in total. The van der Waals surface area contributed by atoms with Gasteiger partial charge in [-0.05, 0) is 29.7 Å². The Balaban J connectivity index is 2.08. The highest BCUT2D eigenvalue weighted by Crippen LogP contribution is 2.31. The van der Waals surface area contributed by atoms with Crippen molar-refractivity contribution >= 4 is 5.95 Å². The summed E-state index contributed by atoms with van der Waals surface area (Å²) in [5.74, 6) is 0.391. The molecule has 1 aliphatic carbocycles. The van der Waals surface area contributed by atoms with Crippen molar-refractivity contribution in [3.05, 3.63) is 0 Å². The Kier molecular flexibility index (Phi) is 2.13. The molecule has 2 rings (SSSR count). The van der Waals surface area contributed by atoms with E-state index in [9.17, 15) is 0 Å². The largest absolute Gasteiger partial charge is 0.381 e. The van der Waals surface area contributed by atoms with Crippen molar-refractivity contribution in [2.75, 3.05) is 12.8 Å². The summed E-state index contributed by atoms with van der Waals surface area (Å²) in [7, 11) is 1.73. The third-order valence-electron chi connectivity index (χ3n) is 2.55. The average molecular weight is 183 g/mol. The first-order valence-corrected chi connectivity index (χ1v) is 4.37. The lowest BCUT2D eigenvalue weighted by Crippen LogP contribution is -2.12. The van der Waals surface area contributed by atoms with Gasteiger partial charge in [0, 0.05) is 7.11 Å². The summed E-state index contributed by atoms with van der Waals surface area (Å²) in [5, 5.41) is 11.0. The Bertz CT molecular complexity index is 286. The minimum Gasteiger partial charge on any atom is -0.381 e. The number of rotatable bonds is 2. The molecule has 13 heavy (non-hydrogen) atoms. The van der Waals surface area contributed by atoms with Crippen LogP contribution in [0.15, 0.2) is 0 Å². The molecule has 6 heteroatoms. The maximum atomic E-state index is 5.59. The van der Waals surface area contributed by atoms with Crippen LogP contribution in [0.4, 0.5) is 5.95 Å². The summed E-state index contributed by atoms with van der Waals surface area (Å²) in [6, 6.07) is 0.306. The second-order valence-corrected chi connectivity index (χ2v) is 3.31. The number of aromatic nitrogens is 4. The van der Waals surface area contributed by atoms with E-state index in [1.54, 1.807) is 11.8 Å². The number of nitrogen functional groups attached to an aromatic ring is 1. The molecule has 1 aromatic heterocycles. The molecule has 1 heterocycles. The van der Waals surface area contributed by atoms with Crippen molar-refractivity contribution in [3.8, 4) is 0 Å². The van der Waals surface area contributed by atoms with Crippen molar-refractivity contribution in [2.24, 2.45) is 0 Å². The number of anilines is 1. The van der Waals surface area contributed by atoms with Gasteiger partial charge in [0.05, 0.1) is 12.1 Å². The third kappa shape index (κ3) is 1.49. The lowest BCUT2D eigenvalue weighted by Gasteiger charge is -2.09. The smallest absolute Gasteiger partial charge is 0.240 e. The van der Waals surface area contributed by atoms with E-state index in [-0.39, 0.29) is 0 Å². The standard InChI is InChI=1S/C7H13N5O/c1-13-6-3-2-5(4-6)12-7(8)9-10-11-12/h5-6H,2-4H2,1H3,(H2,8,9,11). The molecule has 0 bridgehead atoms. The molecule has 0 aliphatic heterocycles. The van der Waals surface area contributed by atoms with Crippen LogP contribution < -0.4 is 5.73 Å². The second-order valence-electron chi connectivity index (χ2n) is 3.31. The molecule has 2 unspecified atom stereocenters. The van der Waals surface area contributed by atoms with E-state index in [2.05, 4.69) is 15.5 Å². The summed E-state index contributed by atoms with van der Waals surface area (Å²) in [5.41, 5.74) is 5.59. The molecule has 0 amide bonds. The molecule has 2 N–H and O–H groups in total. The maximum Gasteiger partial charge on any atom is 0.240 e. The molecular weight excluding hydrogens is 170 g/mol. The fourth-order valence-corrected chi connectivity index (χ4v) is 1.81. The van der Waals surface area contributed by atoms with Gasteiger partial charge in [-0.1, -0.05) is 5.10 Å². The first-order chi connectivity index (χ1) is 6.31. The van der Waals surface area contributed by atoms with Crippen LogP contribution >= 0.6 is 0 Å². The summed E-state index contributed by atoms with van der Waals surface area (Å²) in [6.07, 6.45) is 3.37. The van der Waals surface area contributed by atoms with Crippen molar-refractivity contribution in [2.45, 2.75) is 31.4 Å². The lowest BCUT2D eigenvalue weighted by molar-refractivity contribution is 0.105. The van der Waals surface area contributed by atoms with Crippen LogP contribution in [0, 0.1) is 0 Å². The molecule has 2 atom stereocenters. The van der Waals surface area contributed by atoms with Crippen molar-refractivity contribution < 1.29 is 4.74 Å². The Morgan fingerprint density at radius 3 is 2.92 bits per heavy atom. The maximum absolute atomic E-state index is 5.59. The molecule has 0 spiro atoms. The van der Waals surface area contributed by atoms with E-state index in [0.717, 1.165) is 19.3 Å². The third-order valence-corrected chi connectivity index (χ3v) is 2.55. The number of tetrazole rings is 1. The van der Waals surface area contributed by atoms with E-state index in [1.165, 1.54) is 0 Å². The van der Waals surface area contributed by atoms with E-state index in [0.29, 0.717) is 18.1 Å². The van der Waals surface area contributed by atoms with Crippen molar-refractivity contribution in [3.63, 3.8) is 0 Å². The summed E-state index contributed by atoms with van der Waals surface area (Å²) < 4.78 is 6.94. The zero-order chi connectivity index (χ0) is 9.26. The van der Waals surface area contributed by atoms with Gasteiger partial charge in [0.25, 0.3) is 0 Å². The second kappa shape index (κ2) is 3.29. The summed E-state index contributed by atoms with van der Waals surface area (Å²) in [4.78, 5) is 0. The summed E-state index contributed by atoms with van der Waals surface area (Å²) >= 11 is 0. The van der Waals surface area contributed by atoms with Gasteiger partial charge in [-0.25, -0.2) is 4.68 Å². The number of nitrogens with zero attached hydrogens (tertiary/aromatic N) is 4. The van der Waals surface area contributed by atoms with Gasteiger partial charge in [-0.3, -0.25) is 0 Å². The van der Waals surface area contributed by atoms with Gasteiger partial charge in [-0.15, -0.1) is 0 Å². The van der Waals surface area contributed by atoms with Gasteiger partial charge < -0.3 is 10.5 Å². The number of nitrogens with two attached hydrogens (primary N) is 1. The first kappa shape index (κ1) is 8.43. The highest BCUT2D eigenvalue weighted by Gasteiger charge is 2.27. The number of hydrogen-bond acceptors (Lipinski definition) is 5. The van der Waals surface area contributed by atoms with E-state index < -0.39 is 0 Å². The molecular formula is C7H13N5O. The first-order valence-electron chi connectivity index (χ1n) is 4.37. The minimum atomic E-state index is 0.306. The minimum absolute atomic E-state index is 0.306. The normalized spacial score (nSPS) is 28.1. The lowest BCUT2D eigenvalue weighted by atomic mass is 10.2. The molecule has 1 aromatic rings. The molecule has 1 fully saturated rings. The van der Waals surface area contributed by atoms with E-state index in [4.69, 9.17) is 10.5 Å². The Morgan fingerprint density at radius 2 is 2.38 bits per heavy atom. The van der Waals surface area contributed by atoms with Gasteiger partial charge in [0.15, 0.2) is 0 Å². The molecule has 0 aromatic carbocycles. The van der Waals surface area contributed by atoms with Crippen LogP contribution in [0.3, 0.4) is 0 Å². The molecule has 0 radical (unpaired) electrons. The van der Waals surface area contributed by atoms with Crippen LogP contribution in [0.5, 0.6) is 0 Å².